The molecule has 0 saturated carbocycles. The molecule has 4 nitrogen and oxygen atoms in total. The van der Waals surface area contributed by atoms with E-state index in [4.69, 9.17) is 4.74 Å². The molecule has 23 heavy (non-hydrogen) atoms. The van der Waals surface area contributed by atoms with Crippen molar-refractivity contribution in [1.82, 2.24) is 4.98 Å². The molecule has 0 aliphatic carbocycles. The number of nitrogens with zero attached hydrogens (tertiary/aromatic N) is 2. The van der Waals surface area contributed by atoms with Gasteiger partial charge < -0.3 is 14.7 Å². The first-order valence-corrected chi connectivity index (χ1v) is 8.26. The highest BCUT2D eigenvalue weighted by Gasteiger charge is 2.26. The monoisotopic (exact) mass is 312 g/mol. The number of rotatable bonds is 6. The fourth-order valence-corrected chi connectivity index (χ4v) is 3.29. The Morgan fingerprint density at radius 1 is 1.26 bits per heavy atom. The van der Waals surface area contributed by atoms with Gasteiger partial charge in [-0.1, -0.05) is 18.2 Å². The Kier molecular flexibility index (Phi) is 5.13. The molecular weight excluding hydrogens is 288 g/mol. The predicted molar refractivity (Wildman–Crippen MR) is 91.8 cm³/mol. The minimum Gasteiger partial charge on any atom is -0.497 e. The first kappa shape index (κ1) is 15.8. The summed E-state index contributed by atoms with van der Waals surface area (Å²) in [6.07, 6.45) is 5.90. The smallest absolute Gasteiger partial charge is 0.132 e. The zero-order chi connectivity index (χ0) is 16.1. The van der Waals surface area contributed by atoms with E-state index < -0.39 is 0 Å². The maximum atomic E-state index is 9.18. The number of benzene rings is 1. The van der Waals surface area contributed by atoms with Crippen LogP contribution >= 0.6 is 0 Å². The third-order valence-electron chi connectivity index (χ3n) is 4.53. The number of pyridine rings is 1. The van der Waals surface area contributed by atoms with Crippen molar-refractivity contribution < 1.29 is 9.84 Å². The van der Waals surface area contributed by atoms with Gasteiger partial charge in [-0.15, -0.1) is 0 Å². The second-order valence-electron chi connectivity index (χ2n) is 6.02. The summed E-state index contributed by atoms with van der Waals surface area (Å²) >= 11 is 0. The van der Waals surface area contributed by atoms with Crippen LogP contribution in [0.15, 0.2) is 42.6 Å². The number of aryl methyl sites for hydroxylation is 1. The van der Waals surface area contributed by atoms with Gasteiger partial charge in [-0.05, 0) is 55.0 Å². The van der Waals surface area contributed by atoms with Crippen LogP contribution in [-0.2, 0) is 13.0 Å². The Bertz CT molecular complexity index is 628. The van der Waals surface area contributed by atoms with Crippen molar-refractivity contribution in [2.24, 2.45) is 0 Å². The van der Waals surface area contributed by atoms with Gasteiger partial charge in [0.15, 0.2) is 0 Å². The summed E-state index contributed by atoms with van der Waals surface area (Å²) in [6.45, 7) is 1.09. The van der Waals surface area contributed by atoms with E-state index in [2.05, 4.69) is 28.1 Å². The Morgan fingerprint density at radius 2 is 2.09 bits per heavy atom. The van der Waals surface area contributed by atoms with Crippen LogP contribution < -0.4 is 9.64 Å². The molecule has 0 amide bonds. The number of aromatic nitrogens is 1. The van der Waals surface area contributed by atoms with Crippen molar-refractivity contribution >= 4 is 5.82 Å². The third kappa shape index (κ3) is 3.64. The molecule has 0 spiro atoms. The second-order valence-corrected chi connectivity index (χ2v) is 6.02. The lowest BCUT2D eigenvalue weighted by molar-refractivity contribution is 0.275. The van der Waals surface area contributed by atoms with Gasteiger partial charge in [0.05, 0.1) is 7.11 Å². The van der Waals surface area contributed by atoms with Gasteiger partial charge in [-0.2, -0.15) is 0 Å². The molecule has 1 aliphatic heterocycles. The highest BCUT2D eigenvalue weighted by Crippen LogP contribution is 2.32. The number of anilines is 1. The maximum absolute atomic E-state index is 9.18. The average Bonchev–Trinajstić information content (AvgIpc) is 2.61. The van der Waals surface area contributed by atoms with Gasteiger partial charge in [0.1, 0.15) is 11.6 Å². The van der Waals surface area contributed by atoms with E-state index in [0.29, 0.717) is 6.04 Å². The molecule has 1 atom stereocenters. The molecule has 2 heterocycles. The van der Waals surface area contributed by atoms with Crippen LogP contribution in [-0.4, -0.2) is 29.8 Å². The fraction of sp³-hybridized carbons (Fsp3) is 0.421. The Labute approximate surface area is 137 Å². The van der Waals surface area contributed by atoms with Crippen molar-refractivity contribution in [2.75, 3.05) is 18.6 Å². The van der Waals surface area contributed by atoms with Crippen molar-refractivity contribution in [1.29, 1.82) is 0 Å². The largest absolute Gasteiger partial charge is 0.497 e. The number of fused-ring (bicyclic) bond motifs is 1. The van der Waals surface area contributed by atoms with Crippen LogP contribution in [0.3, 0.4) is 0 Å². The van der Waals surface area contributed by atoms with Crippen molar-refractivity contribution in [3.8, 4) is 5.75 Å². The number of methoxy groups -OCH3 is 1. The summed E-state index contributed by atoms with van der Waals surface area (Å²) in [5.74, 6) is 1.97. The van der Waals surface area contributed by atoms with Crippen LogP contribution in [0, 0.1) is 0 Å². The van der Waals surface area contributed by atoms with E-state index in [1.807, 2.05) is 24.4 Å². The lowest BCUT2D eigenvalue weighted by Crippen LogP contribution is -2.39. The molecule has 4 heteroatoms. The first-order chi connectivity index (χ1) is 11.3. The predicted octanol–water partition coefficient (Wildman–Crippen LogP) is 3.18. The first-order valence-electron chi connectivity index (χ1n) is 8.26. The Balaban J connectivity index is 1.84. The van der Waals surface area contributed by atoms with Gasteiger partial charge in [0.2, 0.25) is 0 Å². The molecule has 1 unspecified atom stereocenters. The van der Waals surface area contributed by atoms with E-state index in [0.717, 1.165) is 43.8 Å². The standard InChI is InChI=1S/C19H24N2O2/c1-23-18-10-6-15(7-11-18)14-21-17(5-3-13-22)9-8-16-4-2-12-20-19(16)21/h2,4,6-7,10-12,17,22H,3,5,8-9,13-14H2,1H3. The van der Waals surface area contributed by atoms with E-state index in [1.165, 1.54) is 11.1 Å². The fourth-order valence-electron chi connectivity index (χ4n) is 3.29. The Hall–Kier alpha value is -2.07. The molecule has 1 aromatic carbocycles. The van der Waals surface area contributed by atoms with Crippen molar-refractivity contribution in [3.05, 3.63) is 53.7 Å². The molecule has 0 saturated heterocycles. The number of aliphatic hydroxyl groups is 1. The molecular formula is C19H24N2O2. The van der Waals surface area contributed by atoms with E-state index in [9.17, 15) is 5.11 Å². The molecule has 3 rings (SSSR count). The molecule has 0 fully saturated rings. The molecule has 1 N–H and O–H groups in total. The zero-order valence-corrected chi connectivity index (χ0v) is 13.6. The number of hydrogen-bond donors (Lipinski definition) is 1. The van der Waals surface area contributed by atoms with Crippen LogP contribution in [0.1, 0.15) is 30.4 Å². The van der Waals surface area contributed by atoms with Gasteiger partial charge >= 0.3 is 0 Å². The summed E-state index contributed by atoms with van der Waals surface area (Å²) in [4.78, 5) is 7.03. The van der Waals surface area contributed by atoms with Crippen LogP contribution in [0.2, 0.25) is 0 Å². The highest BCUT2D eigenvalue weighted by atomic mass is 16.5. The molecule has 1 aliphatic rings. The lowest BCUT2D eigenvalue weighted by Gasteiger charge is -2.38. The van der Waals surface area contributed by atoms with E-state index in [-0.39, 0.29) is 6.61 Å². The Morgan fingerprint density at radius 3 is 2.83 bits per heavy atom. The topological polar surface area (TPSA) is 45.6 Å². The minimum atomic E-state index is 0.252. The normalized spacial score (nSPS) is 17.0. The van der Waals surface area contributed by atoms with Gasteiger partial charge in [0.25, 0.3) is 0 Å². The van der Waals surface area contributed by atoms with Crippen LogP contribution in [0.25, 0.3) is 0 Å². The highest BCUT2D eigenvalue weighted by molar-refractivity contribution is 5.51. The third-order valence-corrected chi connectivity index (χ3v) is 4.53. The quantitative estimate of drug-likeness (QED) is 0.890. The van der Waals surface area contributed by atoms with Crippen molar-refractivity contribution in [3.63, 3.8) is 0 Å². The van der Waals surface area contributed by atoms with E-state index >= 15 is 0 Å². The van der Waals surface area contributed by atoms with Crippen LogP contribution in [0.4, 0.5) is 5.82 Å². The summed E-state index contributed by atoms with van der Waals surface area (Å²) in [7, 11) is 1.69. The van der Waals surface area contributed by atoms with Gasteiger partial charge in [-0.25, -0.2) is 4.98 Å². The summed E-state index contributed by atoms with van der Waals surface area (Å²) in [5, 5.41) is 9.18. The summed E-state index contributed by atoms with van der Waals surface area (Å²) in [6, 6.07) is 12.8. The molecule has 0 radical (unpaired) electrons. The van der Waals surface area contributed by atoms with E-state index in [1.54, 1.807) is 7.11 Å². The van der Waals surface area contributed by atoms with Gasteiger partial charge in [0, 0.05) is 25.4 Å². The maximum Gasteiger partial charge on any atom is 0.132 e. The van der Waals surface area contributed by atoms with Gasteiger partial charge in [-0.3, -0.25) is 0 Å². The SMILES string of the molecule is COc1ccc(CN2c3ncccc3CCC2CCCO)cc1. The summed E-state index contributed by atoms with van der Waals surface area (Å²) < 4.78 is 5.24. The number of aliphatic hydroxyl groups excluding tert-OH is 1. The number of hydrogen-bond acceptors (Lipinski definition) is 4. The molecule has 1 aromatic heterocycles. The number of ether oxygens (including phenoxy) is 1. The molecule has 2 aromatic rings. The lowest BCUT2D eigenvalue weighted by atomic mass is 9.95. The average molecular weight is 312 g/mol. The minimum absolute atomic E-state index is 0.252. The molecule has 122 valence electrons. The second kappa shape index (κ2) is 7.47. The zero-order valence-electron chi connectivity index (χ0n) is 13.6. The molecule has 0 bridgehead atoms. The summed E-state index contributed by atoms with van der Waals surface area (Å²) in [5.41, 5.74) is 2.57. The van der Waals surface area contributed by atoms with Crippen molar-refractivity contribution in [2.45, 2.75) is 38.3 Å². The van der Waals surface area contributed by atoms with Crippen LogP contribution in [0.5, 0.6) is 5.75 Å².